The van der Waals surface area contributed by atoms with Gasteiger partial charge in [0.15, 0.2) is 13.2 Å². The van der Waals surface area contributed by atoms with Crippen molar-refractivity contribution in [2.45, 2.75) is 12.4 Å². The molecule has 0 spiro atoms. The molecule has 1 aromatic carbocycles. The maximum absolute atomic E-state index is 12.2. The molecule has 0 N–H and O–H groups in total. The molecule has 1 rings (SSSR count). The van der Waals surface area contributed by atoms with Gasteiger partial charge in [0, 0.05) is 0 Å². The highest BCUT2D eigenvalue weighted by Crippen LogP contribution is 2.49. The van der Waals surface area contributed by atoms with Crippen molar-refractivity contribution in [1.82, 2.24) is 0 Å². The molecule has 0 aliphatic heterocycles. The Balaban J connectivity index is 3.00. The first kappa shape index (κ1) is 18.8. The molecule has 11 heteroatoms. The third-order valence-electron chi connectivity index (χ3n) is 2.18. The maximum atomic E-state index is 12.2. The topological polar surface area (TPSA) is 44.8 Å². The number of methoxy groups -OCH3 is 1. The van der Waals surface area contributed by atoms with Crippen LogP contribution in [0.5, 0.6) is 5.75 Å². The van der Waals surface area contributed by atoms with Crippen LogP contribution in [0.25, 0.3) is 0 Å². The van der Waals surface area contributed by atoms with Gasteiger partial charge < -0.3 is 4.74 Å². The highest BCUT2D eigenvalue weighted by Gasteiger charge is 2.39. The summed E-state index contributed by atoms with van der Waals surface area (Å²) in [5.74, 6) is 0.266. The Bertz CT molecular complexity index is 503. The number of rotatable bonds is 6. The van der Waals surface area contributed by atoms with Gasteiger partial charge in [0.2, 0.25) is 0 Å². The van der Waals surface area contributed by atoms with Crippen LogP contribution in [0.4, 0.5) is 26.3 Å². The van der Waals surface area contributed by atoms with Gasteiger partial charge in [0.1, 0.15) is 5.75 Å². The van der Waals surface area contributed by atoms with Crippen molar-refractivity contribution in [2.75, 3.05) is 20.3 Å². The molecule has 0 aliphatic carbocycles. The fourth-order valence-electron chi connectivity index (χ4n) is 1.27. The zero-order valence-corrected chi connectivity index (χ0v) is 12.0. The van der Waals surface area contributed by atoms with Crippen LogP contribution in [0.2, 0.25) is 0 Å². The Kier molecular flexibility index (Phi) is 5.89. The Morgan fingerprint density at radius 1 is 0.909 bits per heavy atom. The van der Waals surface area contributed by atoms with Crippen LogP contribution in [0.15, 0.2) is 24.3 Å². The molecular formula is C11H11F6O4P. The lowest BCUT2D eigenvalue weighted by Crippen LogP contribution is -2.23. The Hall–Kier alpha value is -1.25. The SMILES string of the molecule is COc1ccc(P(=O)(OCC(F)(F)F)OCC(F)(F)F)cc1. The number of ether oxygens (including phenoxy) is 1. The highest BCUT2D eigenvalue weighted by atomic mass is 31.2. The number of hydrogen-bond acceptors (Lipinski definition) is 4. The average Bonchev–Trinajstić information content (AvgIpc) is 2.42. The quantitative estimate of drug-likeness (QED) is 0.579. The van der Waals surface area contributed by atoms with Crippen molar-refractivity contribution in [2.24, 2.45) is 0 Å². The van der Waals surface area contributed by atoms with E-state index in [0.717, 1.165) is 12.1 Å². The third-order valence-corrected chi connectivity index (χ3v) is 4.05. The minimum absolute atomic E-state index is 0.266. The minimum Gasteiger partial charge on any atom is -0.497 e. The largest absolute Gasteiger partial charge is 0.497 e. The molecule has 0 saturated heterocycles. The summed E-state index contributed by atoms with van der Waals surface area (Å²) < 4.78 is 98.1. The second-order valence-electron chi connectivity index (χ2n) is 3.97. The minimum atomic E-state index is -4.87. The normalized spacial score (nSPS) is 13.2. The Morgan fingerprint density at radius 3 is 1.64 bits per heavy atom. The fourth-order valence-corrected chi connectivity index (χ4v) is 2.79. The molecule has 0 aromatic heterocycles. The summed E-state index contributed by atoms with van der Waals surface area (Å²) in [5.41, 5.74) is 0. The number of alkyl halides is 6. The van der Waals surface area contributed by atoms with Crippen molar-refractivity contribution < 1.29 is 44.7 Å². The van der Waals surface area contributed by atoms with Crippen LogP contribution in [-0.4, -0.2) is 32.7 Å². The van der Waals surface area contributed by atoms with Crippen molar-refractivity contribution in [3.8, 4) is 5.75 Å². The maximum Gasteiger partial charge on any atom is 0.412 e. The van der Waals surface area contributed by atoms with Crippen LogP contribution < -0.4 is 10.0 Å². The van der Waals surface area contributed by atoms with Gasteiger partial charge in [-0.05, 0) is 24.3 Å². The summed E-state index contributed by atoms with van der Waals surface area (Å²) >= 11 is 0. The average molecular weight is 352 g/mol. The van der Waals surface area contributed by atoms with Crippen molar-refractivity contribution in [3.63, 3.8) is 0 Å². The molecule has 0 aliphatic rings. The third kappa shape index (κ3) is 6.25. The van der Waals surface area contributed by atoms with E-state index in [1.807, 2.05) is 0 Å². The first-order chi connectivity index (χ1) is 9.95. The van der Waals surface area contributed by atoms with E-state index in [-0.39, 0.29) is 5.75 Å². The molecule has 22 heavy (non-hydrogen) atoms. The first-order valence-electron chi connectivity index (χ1n) is 5.62. The molecule has 0 saturated carbocycles. The molecule has 0 heterocycles. The zero-order valence-electron chi connectivity index (χ0n) is 11.1. The second kappa shape index (κ2) is 6.89. The predicted octanol–water partition coefficient (Wildman–Crippen LogP) is 3.67. The van der Waals surface area contributed by atoms with Crippen molar-refractivity contribution in [1.29, 1.82) is 0 Å². The van der Waals surface area contributed by atoms with Crippen LogP contribution in [0.3, 0.4) is 0 Å². The number of hydrogen-bond donors (Lipinski definition) is 0. The molecule has 0 amide bonds. The zero-order chi connectivity index (χ0) is 17.0. The molecule has 1 aromatic rings. The monoisotopic (exact) mass is 352 g/mol. The van der Waals surface area contributed by atoms with Crippen molar-refractivity contribution >= 4 is 12.9 Å². The second-order valence-corrected chi connectivity index (χ2v) is 6.00. The van der Waals surface area contributed by atoms with Gasteiger partial charge in [-0.2, -0.15) is 26.3 Å². The van der Waals surface area contributed by atoms with Gasteiger partial charge >= 0.3 is 19.9 Å². The molecule has 0 atom stereocenters. The standard InChI is InChI=1S/C11H11F6O4P/c1-19-8-2-4-9(5-3-8)22(18,20-6-10(12,13)14)21-7-11(15,16)17/h2-5H,6-7H2,1H3. The highest BCUT2D eigenvalue weighted by molar-refractivity contribution is 7.62. The first-order valence-corrected chi connectivity index (χ1v) is 7.17. The summed E-state index contributed by atoms with van der Waals surface area (Å²) in [7, 11) is -3.49. The smallest absolute Gasteiger partial charge is 0.412 e. The molecule has 0 bridgehead atoms. The van der Waals surface area contributed by atoms with Crippen LogP contribution in [0, 0.1) is 0 Å². The van der Waals surface area contributed by atoms with Gasteiger partial charge in [-0.15, -0.1) is 0 Å². The van der Waals surface area contributed by atoms with Gasteiger partial charge in [0.05, 0.1) is 12.4 Å². The van der Waals surface area contributed by atoms with Crippen LogP contribution >= 0.6 is 7.60 Å². The Labute approximate surface area is 121 Å². The summed E-state index contributed by atoms with van der Waals surface area (Å²) in [6.07, 6.45) is -9.74. The lowest BCUT2D eigenvalue weighted by molar-refractivity contribution is -0.164. The van der Waals surface area contributed by atoms with Gasteiger partial charge in [-0.3, -0.25) is 13.6 Å². The van der Waals surface area contributed by atoms with E-state index in [9.17, 15) is 30.9 Å². The van der Waals surface area contributed by atoms with Gasteiger partial charge in [-0.1, -0.05) is 0 Å². The van der Waals surface area contributed by atoms with Crippen LogP contribution in [-0.2, 0) is 13.6 Å². The van der Waals surface area contributed by atoms with E-state index in [1.165, 1.54) is 19.2 Å². The van der Waals surface area contributed by atoms with E-state index in [4.69, 9.17) is 4.74 Å². The van der Waals surface area contributed by atoms with E-state index in [2.05, 4.69) is 9.05 Å². The van der Waals surface area contributed by atoms with Crippen LogP contribution in [0.1, 0.15) is 0 Å². The van der Waals surface area contributed by atoms with Gasteiger partial charge in [-0.25, -0.2) is 0 Å². The Morgan fingerprint density at radius 2 is 1.32 bits per heavy atom. The summed E-state index contributed by atoms with van der Waals surface area (Å²) in [6.45, 7) is -4.01. The molecule has 4 nitrogen and oxygen atoms in total. The lowest BCUT2D eigenvalue weighted by atomic mass is 10.3. The molecule has 0 fully saturated rings. The number of benzene rings is 1. The number of halogens is 6. The summed E-state index contributed by atoms with van der Waals surface area (Å²) in [6, 6.07) is 4.42. The molecule has 126 valence electrons. The summed E-state index contributed by atoms with van der Waals surface area (Å²) in [4.78, 5) is 0. The van der Waals surface area contributed by atoms with E-state index >= 15 is 0 Å². The van der Waals surface area contributed by atoms with E-state index < -0.39 is 38.5 Å². The molecule has 0 unspecified atom stereocenters. The predicted molar refractivity (Wildman–Crippen MR) is 64.2 cm³/mol. The van der Waals surface area contributed by atoms with Gasteiger partial charge in [0.25, 0.3) is 0 Å². The van der Waals surface area contributed by atoms with E-state index in [1.54, 1.807) is 0 Å². The molecular weight excluding hydrogens is 341 g/mol. The van der Waals surface area contributed by atoms with Crippen molar-refractivity contribution in [3.05, 3.63) is 24.3 Å². The lowest BCUT2D eigenvalue weighted by Gasteiger charge is -2.20. The molecule has 0 radical (unpaired) electrons. The summed E-state index contributed by atoms with van der Waals surface area (Å²) in [5, 5.41) is -0.443. The fraction of sp³-hybridized carbons (Fsp3) is 0.455. The van der Waals surface area contributed by atoms with E-state index in [0.29, 0.717) is 0 Å².